The average molecular weight is 1150 g/mol. The van der Waals surface area contributed by atoms with Gasteiger partial charge in [0.25, 0.3) is 0 Å². The number of nitrogens with one attached hydrogen (secondary N) is 5. The van der Waals surface area contributed by atoms with Gasteiger partial charge in [-0.15, -0.1) is 0 Å². The first kappa shape index (κ1) is 64.7. The van der Waals surface area contributed by atoms with Crippen molar-refractivity contribution in [2.45, 2.75) is 188 Å². The fourth-order valence-electron chi connectivity index (χ4n) is 12.2. The third-order valence-electron chi connectivity index (χ3n) is 16.8. The Kier molecular flexibility index (Phi) is 21.9. The van der Waals surface area contributed by atoms with Gasteiger partial charge in [0.1, 0.15) is 54.1 Å². The van der Waals surface area contributed by atoms with Gasteiger partial charge >= 0.3 is 30.2 Å². The predicted molar refractivity (Wildman–Crippen MR) is 303 cm³/mol. The molecule has 456 valence electrons. The fourth-order valence-corrected chi connectivity index (χ4v) is 12.2. The Balaban J connectivity index is 0.000000272. The number of carbonyl (C=O) groups is 9. The van der Waals surface area contributed by atoms with Crippen molar-refractivity contribution in [1.29, 1.82) is 0 Å². The highest BCUT2D eigenvalue weighted by Crippen LogP contribution is 2.66. The van der Waals surface area contributed by atoms with E-state index in [9.17, 15) is 43.2 Å². The summed E-state index contributed by atoms with van der Waals surface area (Å²) in [6.07, 6.45) is 9.24. The van der Waals surface area contributed by atoms with Crippen LogP contribution in [0.2, 0.25) is 0 Å². The molecule has 0 unspecified atom stereocenters. The summed E-state index contributed by atoms with van der Waals surface area (Å²) in [6, 6.07) is 3.96. The van der Waals surface area contributed by atoms with Gasteiger partial charge in [-0.05, 0) is 120 Å². The molecular weight excluding hydrogens is 1060 g/mol. The van der Waals surface area contributed by atoms with Crippen molar-refractivity contribution in [3.8, 4) is 0 Å². The van der Waals surface area contributed by atoms with Gasteiger partial charge < -0.3 is 65.0 Å². The van der Waals surface area contributed by atoms with Crippen molar-refractivity contribution in [1.82, 2.24) is 41.3 Å². The molecular formula is C60H92N8O14. The lowest BCUT2D eigenvalue weighted by atomic mass is 9.98. The number of methoxy groups -OCH3 is 2. The highest BCUT2D eigenvalue weighted by Gasteiger charge is 2.71. The molecule has 0 bridgehead atoms. The molecule has 4 heterocycles. The number of carbonyl (C=O) groups excluding carboxylic acids is 9. The SMILES string of the molecule is COC(=O)[C@@H]1CCCCC=CCN(C(=O)OCc2ccccc2)C[C@H](NC(=O)OC(C)(C)C)C(=O)N2C[C@H]3[C@@H]([C@H]2C(=O)N1)C3(C)C.COC(=O)[C@@H]1CCCCCCCNC[C@H](NC(=O)OC(C)(C)C)C(=O)N2C[C@H]3[C@@H]([C@H]2C(=O)N1)C3(C)C. The summed E-state index contributed by atoms with van der Waals surface area (Å²) in [5, 5.41) is 14.4. The average Bonchev–Trinajstić information content (AvgIpc) is 1.91. The van der Waals surface area contributed by atoms with Crippen molar-refractivity contribution in [3.63, 3.8) is 0 Å². The zero-order valence-electron chi connectivity index (χ0n) is 50.4. The highest BCUT2D eigenvalue weighted by molar-refractivity contribution is 5.96. The molecule has 7 amide bonds. The Bertz CT molecular complexity index is 2470. The summed E-state index contributed by atoms with van der Waals surface area (Å²) < 4.78 is 26.4. The van der Waals surface area contributed by atoms with Crippen molar-refractivity contribution < 1.29 is 66.8 Å². The normalized spacial score (nSPS) is 28.8. The Morgan fingerprint density at radius 1 is 0.622 bits per heavy atom. The maximum atomic E-state index is 14.3. The van der Waals surface area contributed by atoms with Crippen LogP contribution in [0.3, 0.4) is 0 Å². The van der Waals surface area contributed by atoms with E-state index in [0.717, 1.165) is 44.1 Å². The van der Waals surface area contributed by atoms with Gasteiger partial charge in [-0.2, -0.15) is 0 Å². The minimum absolute atomic E-state index is 0.00577. The molecule has 5 N–H and O–H groups in total. The minimum atomic E-state index is -1.24. The number of nitrogens with zero attached hydrogens (tertiary/aromatic N) is 3. The van der Waals surface area contributed by atoms with Crippen LogP contribution in [0.25, 0.3) is 0 Å². The first-order valence-electron chi connectivity index (χ1n) is 29.3. The van der Waals surface area contributed by atoms with E-state index < -0.39 is 89.5 Å². The van der Waals surface area contributed by atoms with E-state index in [4.69, 9.17) is 23.7 Å². The van der Waals surface area contributed by atoms with E-state index in [-0.39, 0.29) is 72.6 Å². The monoisotopic (exact) mass is 1150 g/mol. The number of fused-ring (bicyclic) bond motifs is 6. The first-order chi connectivity index (χ1) is 38.6. The number of benzene rings is 1. The first-order valence-corrected chi connectivity index (χ1v) is 29.3. The van der Waals surface area contributed by atoms with Crippen LogP contribution in [-0.4, -0.2) is 169 Å². The van der Waals surface area contributed by atoms with Crippen molar-refractivity contribution in [2.24, 2.45) is 34.5 Å². The van der Waals surface area contributed by atoms with Crippen LogP contribution >= 0.6 is 0 Å². The van der Waals surface area contributed by atoms with Crippen LogP contribution in [0.4, 0.5) is 14.4 Å². The molecule has 2 aliphatic carbocycles. The molecule has 22 nitrogen and oxygen atoms in total. The van der Waals surface area contributed by atoms with Gasteiger partial charge in [0.15, 0.2) is 0 Å². The summed E-state index contributed by atoms with van der Waals surface area (Å²) in [5.74, 6) is -2.54. The molecule has 4 aliphatic heterocycles. The Morgan fingerprint density at radius 2 is 1.10 bits per heavy atom. The molecule has 7 rings (SSSR count). The summed E-state index contributed by atoms with van der Waals surface area (Å²) in [4.78, 5) is 124. The van der Waals surface area contributed by atoms with Gasteiger partial charge in [0.05, 0.1) is 20.8 Å². The van der Waals surface area contributed by atoms with Crippen molar-refractivity contribution in [3.05, 3.63) is 48.0 Å². The lowest BCUT2D eigenvalue weighted by molar-refractivity contribution is -0.148. The Morgan fingerprint density at radius 3 is 1.61 bits per heavy atom. The summed E-state index contributed by atoms with van der Waals surface area (Å²) in [6.45, 7) is 20.4. The molecule has 1 aromatic rings. The third kappa shape index (κ3) is 17.1. The molecule has 1 aromatic carbocycles. The van der Waals surface area contributed by atoms with Crippen LogP contribution in [0.5, 0.6) is 0 Å². The van der Waals surface area contributed by atoms with E-state index >= 15 is 0 Å². The lowest BCUT2D eigenvalue weighted by Gasteiger charge is -2.35. The summed E-state index contributed by atoms with van der Waals surface area (Å²) in [7, 11) is 2.60. The maximum Gasteiger partial charge on any atom is 0.410 e. The number of amides is 7. The number of rotatable bonds is 6. The van der Waals surface area contributed by atoms with Crippen molar-refractivity contribution >= 4 is 53.8 Å². The van der Waals surface area contributed by atoms with Gasteiger partial charge in [-0.25, -0.2) is 24.0 Å². The van der Waals surface area contributed by atoms with Crippen LogP contribution in [0.1, 0.15) is 139 Å². The van der Waals surface area contributed by atoms with Crippen LogP contribution in [0.15, 0.2) is 42.5 Å². The lowest BCUT2D eigenvalue weighted by Crippen LogP contribution is -2.60. The van der Waals surface area contributed by atoms with Gasteiger partial charge in [-0.3, -0.25) is 19.2 Å². The summed E-state index contributed by atoms with van der Waals surface area (Å²) >= 11 is 0. The molecule has 10 atom stereocenters. The minimum Gasteiger partial charge on any atom is -0.467 e. The number of hydrogen-bond donors (Lipinski definition) is 5. The maximum absolute atomic E-state index is 14.3. The molecule has 6 aliphatic rings. The topological polar surface area (TPSA) is 270 Å². The number of hydrogen-bond acceptors (Lipinski definition) is 15. The number of ether oxygens (including phenoxy) is 5. The van der Waals surface area contributed by atoms with E-state index in [0.29, 0.717) is 45.3 Å². The molecule has 5 fully saturated rings. The largest absolute Gasteiger partial charge is 0.467 e. The molecule has 0 radical (unpaired) electrons. The Labute approximate surface area is 483 Å². The van der Waals surface area contributed by atoms with Crippen LogP contribution < -0.4 is 26.6 Å². The fraction of sp³-hybridized carbons (Fsp3) is 0.717. The smallest absolute Gasteiger partial charge is 0.410 e. The highest BCUT2D eigenvalue weighted by atomic mass is 16.6. The second-order valence-electron chi connectivity index (χ2n) is 25.8. The zero-order chi connectivity index (χ0) is 60.3. The van der Waals surface area contributed by atoms with Gasteiger partial charge in [-0.1, -0.05) is 102 Å². The van der Waals surface area contributed by atoms with Gasteiger partial charge in [0, 0.05) is 26.2 Å². The van der Waals surface area contributed by atoms with Gasteiger partial charge in [0.2, 0.25) is 23.6 Å². The van der Waals surface area contributed by atoms with E-state index in [1.807, 2.05) is 42.5 Å². The third-order valence-corrected chi connectivity index (χ3v) is 16.8. The van der Waals surface area contributed by atoms with E-state index in [1.165, 1.54) is 24.0 Å². The van der Waals surface area contributed by atoms with E-state index in [1.54, 1.807) is 46.4 Å². The molecule has 0 aromatic heterocycles. The van der Waals surface area contributed by atoms with Crippen LogP contribution in [0, 0.1) is 34.5 Å². The molecule has 22 heteroatoms. The second kappa shape index (κ2) is 27.8. The van der Waals surface area contributed by atoms with Crippen LogP contribution in [-0.2, 0) is 59.1 Å². The van der Waals surface area contributed by atoms with E-state index in [2.05, 4.69) is 54.3 Å². The number of allylic oxidation sites excluding steroid dienone is 1. The molecule has 3 saturated heterocycles. The Hall–Kier alpha value is -6.45. The number of esters is 2. The number of alkyl carbamates (subject to hydrolysis) is 2. The quantitative estimate of drug-likeness (QED) is 0.129. The van der Waals surface area contributed by atoms with Crippen molar-refractivity contribution in [2.75, 3.05) is 53.5 Å². The molecule has 2 saturated carbocycles. The number of piperidine rings is 2. The predicted octanol–water partition coefficient (Wildman–Crippen LogP) is 5.75. The summed E-state index contributed by atoms with van der Waals surface area (Å²) in [5.41, 5.74) is -1.01. The standard InChI is InChI=1S/C34H48N4O8.C26H44N4O6/c1-33(2,3)46-31(42)36-25-20-37(32(43)45-21-22-15-11-10-12-16-22)18-14-9-7-8-13-17-24(30(41)44-6)35-28(39)27-26-23(34(26,4)5)19-38(27)29(25)40;1-25(2,3)36-24(34)29-18-14-27-13-11-9-7-8-10-12-17(23(33)35-6)28-21(31)20-19-16(26(19,4)5)15-30(20)22(18)32/h9-12,14-16,23-27H,7-8,13,17-21H2,1-6H3,(H,35,39)(H,36,42);16-20,27H,7-15H2,1-6H3,(H,28,31)(H,29,34)/t23-,24-,25-,26-,27-;16-,17-,18-,19-,20-/m00/s1. The zero-order valence-corrected chi connectivity index (χ0v) is 50.4. The second-order valence-corrected chi connectivity index (χ2v) is 25.8. The molecule has 0 spiro atoms. The molecule has 82 heavy (non-hydrogen) atoms.